The van der Waals surface area contributed by atoms with Crippen LogP contribution >= 0.6 is 0 Å². The van der Waals surface area contributed by atoms with Gasteiger partial charge in [-0.1, -0.05) is 84.5 Å². The predicted octanol–water partition coefficient (Wildman–Crippen LogP) is 5.10. The van der Waals surface area contributed by atoms with Gasteiger partial charge < -0.3 is 5.11 Å². The van der Waals surface area contributed by atoms with E-state index in [0.717, 1.165) is 19.3 Å². The van der Waals surface area contributed by atoms with E-state index in [2.05, 4.69) is 6.92 Å². The summed E-state index contributed by atoms with van der Waals surface area (Å²) in [5.74, 6) is 0. The normalized spacial score (nSPS) is 14.8. The lowest BCUT2D eigenvalue weighted by Gasteiger charge is -2.16. The van der Waals surface area contributed by atoms with Gasteiger partial charge in [0.1, 0.15) is 0 Å². The van der Waals surface area contributed by atoms with Crippen molar-refractivity contribution in [1.29, 1.82) is 0 Å². The van der Waals surface area contributed by atoms with Gasteiger partial charge in [0, 0.05) is 0 Å². The minimum absolute atomic E-state index is 0.146. The largest absolute Gasteiger partial charge is 0.393 e. The van der Waals surface area contributed by atoms with E-state index in [1.165, 1.54) is 51.4 Å². The molecule has 0 heterocycles. The zero-order valence-electron chi connectivity index (χ0n) is 15.2. The lowest BCUT2D eigenvalue weighted by molar-refractivity contribution is 0.156. The SMILES string of the molecule is CCCCCCCCCCCCCC(CC(O)CC)S(=O)(=O)O. The maximum Gasteiger partial charge on any atom is 0.267 e. The Hall–Kier alpha value is -0.130. The van der Waals surface area contributed by atoms with E-state index in [9.17, 15) is 18.1 Å². The topological polar surface area (TPSA) is 74.6 Å². The van der Waals surface area contributed by atoms with Crippen molar-refractivity contribution in [3.63, 3.8) is 0 Å². The maximum absolute atomic E-state index is 11.3. The predicted molar refractivity (Wildman–Crippen MR) is 97.3 cm³/mol. The van der Waals surface area contributed by atoms with Crippen LogP contribution in [0.4, 0.5) is 0 Å². The highest BCUT2D eigenvalue weighted by Gasteiger charge is 2.24. The molecule has 0 radical (unpaired) electrons. The molecule has 0 rings (SSSR count). The maximum atomic E-state index is 11.3. The van der Waals surface area contributed by atoms with Gasteiger partial charge in [0.05, 0.1) is 11.4 Å². The quantitative estimate of drug-likeness (QED) is 0.300. The molecule has 0 aliphatic rings. The number of unbranched alkanes of at least 4 members (excludes halogenated alkanes) is 10. The van der Waals surface area contributed by atoms with E-state index in [1.54, 1.807) is 0 Å². The summed E-state index contributed by atoms with van der Waals surface area (Å²) in [5, 5.41) is 8.78. The Balaban J connectivity index is 3.63. The van der Waals surface area contributed by atoms with Crippen molar-refractivity contribution in [3.05, 3.63) is 0 Å². The highest BCUT2D eigenvalue weighted by molar-refractivity contribution is 7.86. The average Bonchev–Trinajstić information content (AvgIpc) is 2.50. The Morgan fingerprint density at radius 1 is 0.783 bits per heavy atom. The standard InChI is InChI=1S/C18H38O4S/c1-3-5-6-7-8-9-10-11-12-13-14-15-18(23(20,21)22)16-17(19)4-2/h17-19H,3-16H2,1-2H3,(H,20,21,22). The molecule has 0 aromatic carbocycles. The van der Waals surface area contributed by atoms with Gasteiger partial charge in [-0.2, -0.15) is 8.42 Å². The highest BCUT2D eigenvalue weighted by atomic mass is 32.2. The van der Waals surface area contributed by atoms with Crippen molar-refractivity contribution >= 4 is 10.1 Å². The summed E-state index contributed by atoms with van der Waals surface area (Å²) in [6, 6.07) is 0. The molecule has 2 N–H and O–H groups in total. The number of hydrogen-bond donors (Lipinski definition) is 2. The summed E-state index contributed by atoms with van der Waals surface area (Å²) in [5.41, 5.74) is 0. The molecule has 0 aliphatic carbocycles. The molecule has 5 heteroatoms. The van der Waals surface area contributed by atoms with Crippen LogP contribution < -0.4 is 0 Å². The summed E-state index contributed by atoms with van der Waals surface area (Å²) < 4.78 is 31.9. The van der Waals surface area contributed by atoms with Crippen LogP contribution in [0.15, 0.2) is 0 Å². The lowest BCUT2D eigenvalue weighted by Crippen LogP contribution is -2.25. The molecule has 4 nitrogen and oxygen atoms in total. The Labute approximate surface area is 143 Å². The Kier molecular flexibility index (Phi) is 14.2. The highest BCUT2D eigenvalue weighted by Crippen LogP contribution is 2.18. The molecule has 0 saturated carbocycles. The van der Waals surface area contributed by atoms with Crippen molar-refractivity contribution in [2.24, 2.45) is 0 Å². The van der Waals surface area contributed by atoms with Crippen LogP contribution in [-0.4, -0.2) is 29.4 Å². The first kappa shape index (κ1) is 22.9. The van der Waals surface area contributed by atoms with Crippen molar-refractivity contribution in [3.8, 4) is 0 Å². The Morgan fingerprint density at radius 3 is 1.61 bits per heavy atom. The first-order valence-electron chi connectivity index (χ1n) is 9.56. The first-order chi connectivity index (χ1) is 10.9. The number of aliphatic hydroxyl groups is 1. The fourth-order valence-electron chi connectivity index (χ4n) is 2.89. The minimum atomic E-state index is -4.04. The molecule has 140 valence electrons. The molecule has 0 aromatic rings. The van der Waals surface area contributed by atoms with Gasteiger partial charge in [-0.05, 0) is 19.3 Å². The van der Waals surface area contributed by atoms with Crippen LogP contribution in [0.25, 0.3) is 0 Å². The average molecular weight is 351 g/mol. The third-order valence-electron chi connectivity index (χ3n) is 4.56. The van der Waals surface area contributed by atoms with Crippen LogP contribution in [0.3, 0.4) is 0 Å². The molecular weight excluding hydrogens is 312 g/mol. The van der Waals surface area contributed by atoms with Gasteiger partial charge in [0.15, 0.2) is 0 Å². The van der Waals surface area contributed by atoms with E-state index in [1.807, 2.05) is 6.92 Å². The second-order valence-corrected chi connectivity index (χ2v) is 8.46. The van der Waals surface area contributed by atoms with Gasteiger partial charge in [-0.3, -0.25) is 4.55 Å². The lowest BCUT2D eigenvalue weighted by atomic mass is 10.0. The molecule has 0 bridgehead atoms. The van der Waals surface area contributed by atoms with Crippen LogP contribution in [0.1, 0.15) is 104 Å². The van der Waals surface area contributed by atoms with Gasteiger partial charge in [-0.25, -0.2) is 0 Å². The number of aliphatic hydroxyl groups excluding tert-OH is 1. The zero-order chi connectivity index (χ0) is 17.6. The van der Waals surface area contributed by atoms with E-state index in [4.69, 9.17) is 0 Å². The van der Waals surface area contributed by atoms with Crippen LogP contribution in [0.5, 0.6) is 0 Å². The summed E-state index contributed by atoms with van der Waals surface area (Å²) in [6.45, 7) is 4.05. The van der Waals surface area contributed by atoms with Crippen LogP contribution in [-0.2, 0) is 10.1 Å². The molecule has 2 unspecified atom stereocenters. The molecule has 2 atom stereocenters. The third kappa shape index (κ3) is 14.0. The summed E-state index contributed by atoms with van der Waals surface area (Å²) in [6.07, 6.45) is 13.9. The van der Waals surface area contributed by atoms with E-state index < -0.39 is 21.5 Å². The summed E-state index contributed by atoms with van der Waals surface area (Å²) in [4.78, 5) is 0. The van der Waals surface area contributed by atoms with Gasteiger partial charge in [-0.15, -0.1) is 0 Å². The molecule has 0 saturated heterocycles. The molecule has 0 fully saturated rings. The van der Waals surface area contributed by atoms with Gasteiger partial charge in [0.25, 0.3) is 10.1 Å². The van der Waals surface area contributed by atoms with Gasteiger partial charge in [0.2, 0.25) is 0 Å². The minimum Gasteiger partial charge on any atom is -0.393 e. The molecule has 23 heavy (non-hydrogen) atoms. The molecule has 0 aromatic heterocycles. The first-order valence-corrected chi connectivity index (χ1v) is 11.1. The zero-order valence-corrected chi connectivity index (χ0v) is 16.0. The summed E-state index contributed by atoms with van der Waals surface area (Å²) in [7, 11) is -4.04. The smallest absolute Gasteiger partial charge is 0.267 e. The Bertz CT molecular complexity index is 354. The molecule has 0 amide bonds. The van der Waals surface area contributed by atoms with Crippen molar-refractivity contribution in [2.75, 3.05) is 0 Å². The molecule has 0 spiro atoms. The van der Waals surface area contributed by atoms with Crippen LogP contribution in [0, 0.1) is 0 Å². The van der Waals surface area contributed by atoms with E-state index in [-0.39, 0.29) is 6.42 Å². The number of rotatable bonds is 16. The second-order valence-electron chi connectivity index (χ2n) is 6.76. The monoisotopic (exact) mass is 350 g/mol. The second kappa shape index (κ2) is 14.2. The Morgan fingerprint density at radius 2 is 1.22 bits per heavy atom. The van der Waals surface area contributed by atoms with Crippen molar-refractivity contribution in [2.45, 2.75) is 115 Å². The van der Waals surface area contributed by atoms with Gasteiger partial charge >= 0.3 is 0 Å². The van der Waals surface area contributed by atoms with E-state index in [0.29, 0.717) is 12.8 Å². The van der Waals surface area contributed by atoms with Crippen molar-refractivity contribution in [1.82, 2.24) is 0 Å². The molecule has 0 aliphatic heterocycles. The molecular formula is C18H38O4S. The third-order valence-corrected chi connectivity index (χ3v) is 5.83. The fourth-order valence-corrected chi connectivity index (χ4v) is 3.82. The summed E-state index contributed by atoms with van der Waals surface area (Å²) >= 11 is 0. The fraction of sp³-hybridized carbons (Fsp3) is 1.00. The van der Waals surface area contributed by atoms with Crippen LogP contribution in [0.2, 0.25) is 0 Å². The van der Waals surface area contributed by atoms with E-state index >= 15 is 0 Å². The van der Waals surface area contributed by atoms with Crippen molar-refractivity contribution < 1.29 is 18.1 Å². The number of hydrogen-bond acceptors (Lipinski definition) is 3.